The van der Waals surface area contributed by atoms with Crippen molar-refractivity contribution in [3.8, 4) is 0 Å². The number of pyridine rings is 1. The number of nitrogens with zero attached hydrogens (tertiary/aromatic N) is 1. The summed E-state index contributed by atoms with van der Waals surface area (Å²) in [4.78, 5) is 27.8. The fourth-order valence-corrected chi connectivity index (χ4v) is 2.30. The molecule has 0 bridgehead atoms. The molecule has 0 saturated carbocycles. The van der Waals surface area contributed by atoms with Gasteiger partial charge in [0.15, 0.2) is 5.78 Å². The molecule has 0 aliphatic heterocycles. The molecule has 0 aliphatic carbocycles. The van der Waals surface area contributed by atoms with E-state index in [2.05, 4.69) is 15.6 Å². The third kappa shape index (κ3) is 4.32. The summed E-state index contributed by atoms with van der Waals surface area (Å²) in [5.41, 5.74) is 2.46. The lowest BCUT2D eigenvalue weighted by molar-refractivity contribution is 0.0946. The Balaban J connectivity index is 1.69. The van der Waals surface area contributed by atoms with Gasteiger partial charge in [0.2, 0.25) is 0 Å². The van der Waals surface area contributed by atoms with Crippen molar-refractivity contribution in [2.75, 3.05) is 5.32 Å². The Morgan fingerprint density at radius 1 is 1.04 bits per heavy atom. The molecule has 25 heavy (non-hydrogen) atoms. The van der Waals surface area contributed by atoms with Gasteiger partial charge in [-0.25, -0.2) is 0 Å². The highest BCUT2D eigenvalue weighted by Crippen LogP contribution is 2.18. The molecule has 2 aromatic heterocycles. The summed E-state index contributed by atoms with van der Waals surface area (Å²) < 4.78 is 5.18. The Labute approximate surface area is 144 Å². The fraction of sp³-hybridized carbons (Fsp3) is 0.105. The summed E-state index contributed by atoms with van der Waals surface area (Å²) in [6.07, 6.45) is 4.67. The van der Waals surface area contributed by atoms with Crippen LogP contribution in [0, 0.1) is 0 Å². The van der Waals surface area contributed by atoms with Crippen molar-refractivity contribution in [2.24, 2.45) is 0 Å². The standard InChI is InChI=1S/C19H17N3O3/c1-13(23)14-4-2-5-16(8-14)22-17-9-15(10-20-11-17)19(24)21-12-18-6-3-7-25-18/h2-11,22H,12H2,1H3,(H,21,24). The quantitative estimate of drug-likeness (QED) is 0.673. The van der Waals surface area contributed by atoms with Crippen molar-refractivity contribution in [2.45, 2.75) is 13.5 Å². The largest absolute Gasteiger partial charge is 0.467 e. The van der Waals surface area contributed by atoms with Crippen LogP contribution in [0.15, 0.2) is 65.5 Å². The number of amides is 1. The number of Topliss-reactive ketones (excluding diaryl/α,β-unsaturated/α-hetero) is 1. The Morgan fingerprint density at radius 2 is 1.88 bits per heavy atom. The van der Waals surface area contributed by atoms with E-state index in [1.165, 1.54) is 13.1 Å². The maximum absolute atomic E-state index is 12.2. The monoisotopic (exact) mass is 335 g/mol. The van der Waals surface area contributed by atoms with Crippen molar-refractivity contribution in [3.63, 3.8) is 0 Å². The molecule has 1 aromatic carbocycles. The number of carbonyl (C=O) groups excluding carboxylic acids is 2. The van der Waals surface area contributed by atoms with Crippen LogP contribution in [0.5, 0.6) is 0 Å². The number of benzene rings is 1. The van der Waals surface area contributed by atoms with Gasteiger partial charge in [-0.1, -0.05) is 12.1 Å². The molecule has 6 nitrogen and oxygen atoms in total. The maximum atomic E-state index is 12.2. The van der Waals surface area contributed by atoms with Gasteiger partial charge in [-0.15, -0.1) is 0 Å². The second-order valence-electron chi connectivity index (χ2n) is 5.49. The molecule has 2 N–H and O–H groups in total. The molecule has 3 rings (SSSR count). The zero-order valence-corrected chi connectivity index (χ0v) is 13.7. The van der Waals surface area contributed by atoms with Gasteiger partial charge >= 0.3 is 0 Å². The van der Waals surface area contributed by atoms with Gasteiger partial charge in [0.25, 0.3) is 5.91 Å². The smallest absolute Gasteiger partial charge is 0.253 e. The molecule has 3 aromatic rings. The molecule has 0 saturated heterocycles. The molecule has 0 aliphatic rings. The van der Waals surface area contributed by atoms with Crippen molar-refractivity contribution < 1.29 is 14.0 Å². The number of hydrogen-bond donors (Lipinski definition) is 2. The van der Waals surface area contributed by atoms with Crippen LogP contribution in [0.25, 0.3) is 0 Å². The molecule has 0 fully saturated rings. The summed E-state index contributed by atoms with van der Waals surface area (Å²) in [7, 11) is 0. The molecule has 0 atom stereocenters. The first kappa shape index (κ1) is 16.4. The number of aromatic nitrogens is 1. The Morgan fingerprint density at radius 3 is 2.64 bits per heavy atom. The maximum Gasteiger partial charge on any atom is 0.253 e. The first-order chi connectivity index (χ1) is 12.1. The molecule has 6 heteroatoms. The Bertz CT molecular complexity index is 888. The summed E-state index contributed by atoms with van der Waals surface area (Å²) in [6, 6.07) is 12.4. The number of anilines is 2. The van der Waals surface area contributed by atoms with Crippen molar-refractivity contribution in [1.29, 1.82) is 0 Å². The normalized spacial score (nSPS) is 10.3. The van der Waals surface area contributed by atoms with Crippen LogP contribution < -0.4 is 10.6 Å². The molecule has 0 radical (unpaired) electrons. The first-order valence-electron chi connectivity index (χ1n) is 7.75. The predicted octanol–water partition coefficient (Wildman–Crippen LogP) is 3.55. The van der Waals surface area contributed by atoms with Gasteiger partial charge in [0, 0.05) is 17.4 Å². The lowest BCUT2D eigenvalue weighted by Crippen LogP contribution is -2.22. The van der Waals surface area contributed by atoms with Crippen molar-refractivity contribution in [3.05, 3.63) is 78.0 Å². The molecule has 0 spiro atoms. The number of ketones is 1. The van der Waals surface area contributed by atoms with Crippen LogP contribution in [-0.4, -0.2) is 16.7 Å². The minimum absolute atomic E-state index is 0.00664. The second kappa shape index (κ2) is 7.44. The summed E-state index contributed by atoms with van der Waals surface area (Å²) in [5.74, 6) is 0.425. The van der Waals surface area contributed by atoms with E-state index < -0.39 is 0 Å². The van der Waals surface area contributed by atoms with Gasteiger partial charge in [-0.05, 0) is 37.3 Å². The molecule has 1 amide bonds. The van der Waals surface area contributed by atoms with Crippen molar-refractivity contribution >= 4 is 23.1 Å². The van der Waals surface area contributed by atoms with Crippen LogP contribution in [0.3, 0.4) is 0 Å². The van der Waals surface area contributed by atoms with Gasteiger partial charge in [0.1, 0.15) is 5.76 Å². The van der Waals surface area contributed by atoms with E-state index in [4.69, 9.17) is 4.42 Å². The van der Waals surface area contributed by atoms with E-state index in [0.29, 0.717) is 29.1 Å². The average Bonchev–Trinajstić information content (AvgIpc) is 3.13. The van der Waals surface area contributed by atoms with E-state index in [1.807, 2.05) is 6.07 Å². The minimum Gasteiger partial charge on any atom is -0.467 e. The number of hydrogen-bond acceptors (Lipinski definition) is 5. The van der Waals surface area contributed by atoms with Crippen LogP contribution in [0.1, 0.15) is 33.4 Å². The van der Waals surface area contributed by atoms with E-state index >= 15 is 0 Å². The zero-order chi connectivity index (χ0) is 17.6. The van der Waals surface area contributed by atoms with Gasteiger partial charge in [-0.3, -0.25) is 14.6 Å². The lowest BCUT2D eigenvalue weighted by Gasteiger charge is -2.09. The van der Waals surface area contributed by atoms with Crippen LogP contribution >= 0.6 is 0 Å². The van der Waals surface area contributed by atoms with Crippen LogP contribution in [-0.2, 0) is 6.54 Å². The van der Waals surface area contributed by atoms with Crippen molar-refractivity contribution in [1.82, 2.24) is 10.3 Å². The Kier molecular flexibility index (Phi) is 4.89. The summed E-state index contributed by atoms with van der Waals surface area (Å²) in [6.45, 7) is 1.83. The fourth-order valence-electron chi connectivity index (χ4n) is 2.30. The van der Waals surface area contributed by atoms with E-state index in [1.54, 1.807) is 48.9 Å². The Hall–Kier alpha value is -3.41. The molecular formula is C19H17N3O3. The zero-order valence-electron chi connectivity index (χ0n) is 13.7. The van der Waals surface area contributed by atoms with E-state index in [-0.39, 0.29) is 11.7 Å². The second-order valence-corrected chi connectivity index (χ2v) is 5.49. The SMILES string of the molecule is CC(=O)c1cccc(Nc2cncc(C(=O)NCc3ccco3)c2)c1. The number of carbonyl (C=O) groups is 2. The number of rotatable bonds is 6. The molecule has 2 heterocycles. The van der Waals surface area contributed by atoms with Gasteiger partial charge in [0.05, 0.1) is 30.3 Å². The van der Waals surface area contributed by atoms with Crippen LogP contribution in [0.4, 0.5) is 11.4 Å². The molecule has 126 valence electrons. The third-order valence-corrected chi connectivity index (χ3v) is 3.56. The lowest BCUT2D eigenvalue weighted by atomic mass is 10.1. The third-order valence-electron chi connectivity index (χ3n) is 3.56. The van der Waals surface area contributed by atoms with Crippen LogP contribution in [0.2, 0.25) is 0 Å². The molecular weight excluding hydrogens is 318 g/mol. The number of furan rings is 1. The number of nitrogens with one attached hydrogen (secondary N) is 2. The topological polar surface area (TPSA) is 84.2 Å². The highest BCUT2D eigenvalue weighted by atomic mass is 16.3. The highest BCUT2D eigenvalue weighted by molar-refractivity contribution is 5.96. The molecule has 0 unspecified atom stereocenters. The van der Waals surface area contributed by atoms with E-state index in [0.717, 1.165) is 5.69 Å². The van der Waals surface area contributed by atoms with E-state index in [9.17, 15) is 9.59 Å². The highest BCUT2D eigenvalue weighted by Gasteiger charge is 2.08. The van der Waals surface area contributed by atoms with Gasteiger partial charge < -0.3 is 15.1 Å². The first-order valence-corrected chi connectivity index (χ1v) is 7.75. The minimum atomic E-state index is -0.245. The van der Waals surface area contributed by atoms with Gasteiger partial charge in [-0.2, -0.15) is 0 Å². The summed E-state index contributed by atoms with van der Waals surface area (Å²) >= 11 is 0. The predicted molar refractivity (Wildman–Crippen MR) is 93.8 cm³/mol. The summed E-state index contributed by atoms with van der Waals surface area (Å²) in [5, 5.41) is 5.92. The average molecular weight is 335 g/mol.